The van der Waals surface area contributed by atoms with Crippen LogP contribution in [0.15, 0.2) is 48.6 Å². The largest absolute Gasteiger partial charge is 0.472 e. The highest BCUT2D eigenvalue weighted by Gasteiger charge is 2.58. The van der Waals surface area contributed by atoms with Gasteiger partial charge in [-0.05, 0) is 32.1 Å². The SMILES string of the molecule is CCCCCCCCCCCCC/C=C/C=C/C(=O)OCC1OC(OC2C(O)C(O)C(O)C(OC3OC(CO)C(O)C(O)C3O)C2OP(=O)(O)OCC(COC(=O)CCCCCCCCCCCCCCCCC)OC(=O)/C=C/C=C/CCCCCCCCCCCCC)C(O)C(O)C1O. The average molecular weight is 1450 g/mol. The Labute approximate surface area is 597 Å². The number of esters is 3. The summed E-state index contributed by atoms with van der Waals surface area (Å²) in [5.41, 5.74) is 0. The number of hydrogen-bond donors (Lipinski definition) is 11. The van der Waals surface area contributed by atoms with Gasteiger partial charge in [0.1, 0.15) is 98.7 Å². The first-order valence-electron chi connectivity index (χ1n) is 38.5. The molecule has 0 bridgehead atoms. The predicted molar refractivity (Wildman–Crippen MR) is 379 cm³/mol. The van der Waals surface area contributed by atoms with Crippen LogP contribution < -0.4 is 0 Å². The van der Waals surface area contributed by atoms with Crippen molar-refractivity contribution in [2.45, 2.75) is 382 Å². The lowest BCUT2D eigenvalue weighted by atomic mass is 9.84. The predicted octanol–water partition coefficient (Wildman–Crippen LogP) is 10.8. The number of hydrogen-bond acceptors (Lipinski definition) is 23. The monoisotopic (exact) mass is 1450 g/mol. The molecule has 3 fully saturated rings. The standard InChI is InChI=1S/C75H133O24P/c1-4-7-10-13-16-19-22-25-28-31-34-37-40-43-46-49-59(77)91-53-56(94-61(79)51-48-45-42-39-36-33-30-27-24-21-18-15-12-9-6-3)54-93-100(89,90)99-73-71(97-74-69(87)64(82)62(80)57(52-76)95-74)67(85)66(84)68(86)72(73)98-75-70(88)65(83)63(81)58(96-75)55-92-60(78)50-47-44-41-38-35-32-29-26-23-20-17-14-11-8-5-2/h41-42,44-45,47-48,50-51,56-58,62-76,80-88H,4-40,43,46,49,52-55H2,1-3H3,(H,89,90)/b44-41+,45-42+,50-47+,51-48+. The van der Waals surface area contributed by atoms with Crippen LogP contribution in [0.1, 0.15) is 278 Å². The van der Waals surface area contributed by atoms with Gasteiger partial charge in [0, 0.05) is 18.6 Å². The Balaban J connectivity index is 1.76. The molecule has 0 spiro atoms. The van der Waals surface area contributed by atoms with Gasteiger partial charge in [-0.25, -0.2) is 14.2 Å². The summed E-state index contributed by atoms with van der Waals surface area (Å²) < 4.78 is 64.6. The maximum Gasteiger partial charge on any atom is 0.472 e. The van der Waals surface area contributed by atoms with Crippen molar-refractivity contribution in [2.75, 3.05) is 26.4 Å². The molecule has 3 aliphatic rings. The Bertz CT molecular complexity index is 2250. The smallest absolute Gasteiger partial charge is 0.462 e. The Morgan fingerprint density at radius 3 is 1.18 bits per heavy atom. The first-order chi connectivity index (χ1) is 48.3. The topological polar surface area (TPSA) is 374 Å². The third-order valence-corrected chi connectivity index (χ3v) is 19.8. The van der Waals surface area contributed by atoms with E-state index in [-0.39, 0.29) is 6.42 Å². The van der Waals surface area contributed by atoms with E-state index >= 15 is 0 Å². The van der Waals surface area contributed by atoms with Gasteiger partial charge in [0.2, 0.25) is 0 Å². The van der Waals surface area contributed by atoms with E-state index in [0.717, 1.165) is 95.6 Å². The number of carbonyl (C=O) groups excluding carboxylic acids is 3. The fraction of sp³-hybridized carbons (Fsp3) is 0.853. The van der Waals surface area contributed by atoms with Crippen LogP contribution in [-0.4, -0.2) is 204 Å². The summed E-state index contributed by atoms with van der Waals surface area (Å²) in [5, 5.41) is 110. The Morgan fingerprint density at radius 2 is 0.770 bits per heavy atom. The summed E-state index contributed by atoms with van der Waals surface area (Å²) in [5.74, 6) is -2.48. The molecule has 1 saturated carbocycles. The maximum atomic E-state index is 14.3. The number of carbonyl (C=O) groups is 3. The van der Waals surface area contributed by atoms with E-state index in [9.17, 15) is 74.9 Å². The highest BCUT2D eigenvalue weighted by atomic mass is 31.2. The second-order valence-electron chi connectivity index (χ2n) is 27.5. The molecule has 11 N–H and O–H groups in total. The molecule has 0 aromatic heterocycles. The number of unbranched alkanes of at least 4 members (excludes halogenated alkanes) is 36. The lowest BCUT2D eigenvalue weighted by Crippen LogP contribution is -2.69. The molecule has 100 heavy (non-hydrogen) atoms. The number of rotatable bonds is 59. The van der Waals surface area contributed by atoms with Crippen molar-refractivity contribution in [3.05, 3.63) is 48.6 Å². The van der Waals surface area contributed by atoms with Gasteiger partial charge in [0.15, 0.2) is 18.7 Å². The zero-order valence-corrected chi connectivity index (χ0v) is 61.6. The second kappa shape index (κ2) is 56.3. The molecule has 0 aromatic rings. The normalized spacial score (nSPS) is 27.6. The van der Waals surface area contributed by atoms with Crippen molar-refractivity contribution >= 4 is 25.7 Å². The van der Waals surface area contributed by atoms with Crippen LogP contribution in [0.5, 0.6) is 0 Å². The first-order valence-corrected chi connectivity index (χ1v) is 40.0. The molecule has 24 nitrogen and oxygen atoms in total. The molecule has 3 rings (SSSR count). The minimum atomic E-state index is -5.73. The molecule has 25 heteroatoms. The van der Waals surface area contributed by atoms with Gasteiger partial charge in [0.05, 0.1) is 13.2 Å². The van der Waals surface area contributed by atoms with Crippen LogP contribution in [-0.2, 0) is 61.2 Å². The summed E-state index contributed by atoms with van der Waals surface area (Å²) in [7, 11) is -5.73. The van der Waals surface area contributed by atoms with E-state index in [4.69, 9.17) is 42.2 Å². The lowest BCUT2D eigenvalue weighted by Gasteiger charge is -2.49. The number of phosphoric ester groups is 1. The van der Waals surface area contributed by atoms with E-state index in [2.05, 4.69) is 20.8 Å². The average Bonchev–Trinajstić information content (AvgIpc) is 0.762. The number of aliphatic hydroxyl groups excluding tert-OH is 10. The molecule has 2 saturated heterocycles. The molecule has 2 aliphatic heterocycles. The molecule has 18 atom stereocenters. The summed E-state index contributed by atoms with van der Waals surface area (Å²) in [6.07, 6.45) is 21.6. The van der Waals surface area contributed by atoms with Crippen molar-refractivity contribution in [1.29, 1.82) is 0 Å². The molecule has 582 valence electrons. The maximum absolute atomic E-state index is 14.3. The lowest BCUT2D eigenvalue weighted by molar-refractivity contribution is -0.360. The van der Waals surface area contributed by atoms with Crippen LogP contribution >= 0.6 is 7.82 Å². The molecule has 18 unspecified atom stereocenters. The quantitative estimate of drug-likeness (QED) is 0.00673. The van der Waals surface area contributed by atoms with Gasteiger partial charge in [-0.15, -0.1) is 0 Å². The minimum Gasteiger partial charge on any atom is -0.462 e. The highest BCUT2D eigenvalue weighted by molar-refractivity contribution is 7.47. The minimum absolute atomic E-state index is 0.0245. The summed E-state index contributed by atoms with van der Waals surface area (Å²) in [6.45, 7) is 3.26. The molecule has 0 amide bonds. The van der Waals surface area contributed by atoms with Crippen molar-refractivity contribution in [3.8, 4) is 0 Å². The summed E-state index contributed by atoms with van der Waals surface area (Å²) >= 11 is 0. The fourth-order valence-corrected chi connectivity index (χ4v) is 13.5. The number of aliphatic hydroxyl groups is 10. The molecule has 2 heterocycles. The van der Waals surface area contributed by atoms with Crippen LogP contribution in [0.25, 0.3) is 0 Å². The molecular formula is C75H133O24P. The van der Waals surface area contributed by atoms with E-state index in [1.54, 1.807) is 12.2 Å². The van der Waals surface area contributed by atoms with Gasteiger partial charge in [-0.2, -0.15) is 0 Å². The summed E-state index contributed by atoms with van der Waals surface area (Å²) in [6, 6.07) is 0. The van der Waals surface area contributed by atoms with Crippen molar-refractivity contribution in [1.82, 2.24) is 0 Å². The van der Waals surface area contributed by atoms with Crippen molar-refractivity contribution < 1.29 is 117 Å². The number of phosphoric acid groups is 1. The van der Waals surface area contributed by atoms with Crippen LogP contribution in [0.4, 0.5) is 0 Å². The van der Waals surface area contributed by atoms with Crippen molar-refractivity contribution in [3.63, 3.8) is 0 Å². The van der Waals surface area contributed by atoms with Crippen molar-refractivity contribution in [2.24, 2.45) is 0 Å². The Kier molecular flexibility index (Phi) is 51.3. The Morgan fingerprint density at radius 1 is 0.410 bits per heavy atom. The van der Waals surface area contributed by atoms with Gasteiger partial charge in [-0.1, -0.05) is 276 Å². The highest BCUT2D eigenvalue weighted by Crippen LogP contribution is 2.49. The van der Waals surface area contributed by atoms with Gasteiger partial charge < -0.3 is 89.1 Å². The number of ether oxygens (including phenoxy) is 7. The first kappa shape index (κ1) is 91.1. The van der Waals surface area contributed by atoms with E-state index in [1.807, 2.05) is 12.2 Å². The third kappa shape index (κ3) is 38.8. The fourth-order valence-electron chi connectivity index (χ4n) is 12.5. The Hall–Kier alpha value is -3.08. The summed E-state index contributed by atoms with van der Waals surface area (Å²) in [4.78, 5) is 50.8. The molecule has 1 aliphatic carbocycles. The second-order valence-corrected chi connectivity index (χ2v) is 28.9. The van der Waals surface area contributed by atoms with Gasteiger partial charge >= 0.3 is 25.7 Å². The van der Waals surface area contributed by atoms with E-state index in [1.165, 1.54) is 173 Å². The van der Waals surface area contributed by atoms with E-state index < -0.39 is 156 Å². The molecular weight excluding hydrogens is 1320 g/mol. The van der Waals surface area contributed by atoms with Crippen LogP contribution in [0, 0.1) is 0 Å². The zero-order chi connectivity index (χ0) is 73.2. The van der Waals surface area contributed by atoms with Crippen LogP contribution in [0.2, 0.25) is 0 Å². The van der Waals surface area contributed by atoms with E-state index in [0.29, 0.717) is 6.42 Å². The van der Waals surface area contributed by atoms with Gasteiger partial charge in [-0.3, -0.25) is 13.8 Å². The molecule has 0 aromatic carbocycles. The van der Waals surface area contributed by atoms with Crippen LogP contribution in [0.3, 0.4) is 0 Å². The zero-order valence-electron chi connectivity index (χ0n) is 60.7. The number of allylic oxidation sites excluding steroid dienone is 6. The third-order valence-electron chi connectivity index (χ3n) is 18.8. The molecule has 0 radical (unpaired) electrons. The van der Waals surface area contributed by atoms with Gasteiger partial charge in [0.25, 0.3) is 0 Å².